The molecular formula is C27H33FN2O2. The molecule has 4 unspecified atom stereocenters. The Morgan fingerprint density at radius 2 is 2.03 bits per heavy atom. The van der Waals surface area contributed by atoms with Crippen LogP contribution in [0, 0.1) is 17.8 Å². The topological polar surface area (TPSA) is 38.4 Å². The van der Waals surface area contributed by atoms with Crippen molar-refractivity contribution < 1.29 is 13.6 Å². The van der Waals surface area contributed by atoms with Crippen LogP contribution >= 0.6 is 0 Å². The van der Waals surface area contributed by atoms with Crippen molar-refractivity contribution in [1.29, 1.82) is 0 Å². The van der Waals surface area contributed by atoms with Gasteiger partial charge >= 0.3 is 0 Å². The lowest BCUT2D eigenvalue weighted by Crippen LogP contribution is -2.51. The van der Waals surface area contributed by atoms with Crippen LogP contribution in [0.2, 0.25) is 0 Å². The van der Waals surface area contributed by atoms with Gasteiger partial charge in [-0.05, 0) is 54.7 Å². The first-order valence-electron chi connectivity index (χ1n) is 12.1. The molecule has 2 fully saturated rings. The van der Waals surface area contributed by atoms with Crippen LogP contribution in [0.15, 0.2) is 40.9 Å². The van der Waals surface area contributed by atoms with E-state index < -0.39 is 6.01 Å². The molecule has 1 aliphatic heterocycles. The molecule has 3 aromatic rings. The van der Waals surface area contributed by atoms with Crippen LogP contribution in [-0.2, 0) is 11.8 Å². The highest BCUT2D eigenvalue weighted by Gasteiger charge is 2.39. The third-order valence-corrected chi connectivity index (χ3v) is 7.94. The van der Waals surface area contributed by atoms with Gasteiger partial charge in [-0.2, -0.15) is 4.39 Å². The van der Waals surface area contributed by atoms with Crippen molar-refractivity contribution in [2.24, 2.45) is 18.9 Å². The van der Waals surface area contributed by atoms with Crippen molar-refractivity contribution in [3.05, 3.63) is 48.1 Å². The molecule has 4 nitrogen and oxygen atoms in total. The van der Waals surface area contributed by atoms with E-state index in [0.29, 0.717) is 24.1 Å². The molecule has 5 heteroatoms. The average Bonchev–Trinajstić information content (AvgIpc) is 3.37. The number of aromatic nitrogens is 1. The molecule has 2 aromatic heterocycles. The SMILES string of the molecule is CC(CC(=O)N1CCCC2C(C)CCCC21)c1cn(C)c2cccc(-c3ccc(F)o3)c12. The minimum absolute atomic E-state index is 0.0635. The van der Waals surface area contributed by atoms with Gasteiger partial charge in [-0.25, -0.2) is 0 Å². The van der Waals surface area contributed by atoms with E-state index in [1.807, 2.05) is 19.2 Å². The number of rotatable bonds is 4. The van der Waals surface area contributed by atoms with Crippen molar-refractivity contribution >= 4 is 16.8 Å². The Balaban J connectivity index is 1.44. The maximum Gasteiger partial charge on any atom is 0.278 e. The van der Waals surface area contributed by atoms with Gasteiger partial charge in [0.25, 0.3) is 6.01 Å². The van der Waals surface area contributed by atoms with Gasteiger partial charge in [-0.15, -0.1) is 0 Å². The largest absolute Gasteiger partial charge is 0.431 e. The van der Waals surface area contributed by atoms with Crippen LogP contribution in [0.25, 0.3) is 22.2 Å². The third-order valence-electron chi connectivity index (χ3n) is 7.94. The Bertz CT molecular complexity index is 1130. The predicted molar refractivity (Wildman–Crippen MR) is 125 cm³/mol. The van der Waals surface area contributed by atoms with E-state index in [1.165, 1.54) is 25.3 Å². The number of hydrogen-bond donors (Lipinski definition) is 0. The molecule has 1 saturated carbocycles. The first-order chi connectivity index (χ1) is 15.4. The number of carbonyl (C=O) groups is 1. The van der Waals surface area contributed by atoms with Gasteiger partial charge < -0.3 is 13.9 Å². The summed E-state index contributed by atoms with van der Waals surface area (Å²) < 4.78 is 21.0. The highest BCUT2D eigenvalue weighted by atomic mass is 19.1. The molecule has 4 atom stereocenters. The molecule has 1 aliphatic carbocycles. The molecule has 0 bridgehead atoms. The van der Waals surface area contributed by atoms with Crippen LogP contribution in [0.4, 0.5) is 4.39 Å². The smallest absolute Gasteiger partial charge is 0.278 e. The second-order valence-corrected chi connectivity index (χ2v) is 9.97. The zero-order valence-electron chi connectivity index (χ0n) is 19.3. The van der Waals surface area contributed by atoms with Crippen molar-refractivity contribution in [3.8, 4) is 11.3 Å². The zero-order chi connectivity index (χ0) is 22.4. The molecular weight excluding hydrogens is 403 g/mol. The average molecular weight is 437 g/mol. The van der Waals surface area contributed by atoms with Crippen molar-refractivity contribution in [2.45, 2.75) is 64.3 Å². The quantitative estimate of drug-likeness (QED) is 0.468. The number of likely N-dealkylation sites (tertiary alicyclic amines) is 1. The number of furan rings is 1. The molecule has 170 valence electrons. The first kappa shape index (κ1) is 21.3. The summed E-state index contributed by atoms with van der Waals surface area (Å²) in [4.78, 5) is 15.7. The molecule has 2 aliphatic rings. The highest BCUT2D eigenvalue weighted by Crippen LogP contribution is 2.41. The highest BCUT2D eigenvalue weighted by molar-refractivity contribution is 5.97. The summed E-state index contributed by atoms with van der Waals surface area (Å²) in [6, 6.07) is 8.86. The summed E-state index contributed by atoms with van der Waals surface area (Å²) in [7, 11) is 2.02. The fourth-order valence-electron chi connectivity index (χ4n) is 6.30. The van der Waals surface area contributed by atoms with E-state index >= 15 is 0 Å². The number of hydrogen-bond acceptors (Lipinski definition) is 2. The zero-order valence-corrected chi connectivity index (χ0v) is 19.3. The van der Waals surface area contributed by atoms with Crippen molar-refractivity contribution in [1.82, 2.24) is 9.47 Å². The molecule has 32 heavy (non-hydrogen) atoms. The summed E-state index contributed by atoms with van der Waals surface area (Å²) in [5.74, 6) is 2.24. The van der Waals surface area contributed by atoms with Gasteiger partial charge in [0, 0.05) is 54.8 Å². The van der Waals surface area contributed by atoms with Crippen LogP contribution in [0.3, 0.4) is 0 Å². The standard InChI is InChI=1S/C27H33FN2O2/c1-17-7-4-10-22-19(17)9-6-14-30(22)26(31)15-18(2)21-16-29(3)23-11-5-8-20(27(21)23)24-12-13-25(28)32-24/h5,8,11-13,16-19,22H,4,6-7,9-10,14-15H2,1-3H3. The Kier molecular flexibility index (Phi) is 5.60. The molecule has 1 aromatic carbocycles. The summed E-state index contributed by atoms with van der Waals surface area (Å²) in [5, 5.41) is 1.05. The van der Waals surface area contributed by atoms with Gasteiger partial charge in [0.05, 0.1) is 0 Å². The van der Waals surface area contributed by atoms with Crippen molar-refractivity contribution in [2.75, 3.05) is 6.54 Å². The molecule has 5 rings (SSSR count). The Labute approximate surface area is 189 Å². The van der Waals surface area contributed by atoms with Gasteiger partial charge in [-0.3, -0.25) is 4.79 Å². The van der Waals surface area contributed by atoms with Crippen LogP contribution in [-0.4, -0.2) is 28.0 Å². The maximum atomic E-state index is 13.6. The summed E-state index contributed by atoms with van der Waals surface area (Å²) in [6.07, 6.45) is 8.67. The number of aryl methyl sites for hydroxylation is 1. The monoisotopic (exact) mass is 436 g/mol. The van der Waals surface area contributed by atoms with Gasteiger partial charge in [0.1, 0.15) is 5.76 Å². The number of halogens is 1. The van der Waals surface area contributed by atoms with Crippen LogP contribution in [0.1, 0.15) is 63.9 Å². The minimum Gasteiger partial charge on any atom is -0.431 e. The number of piperidine rings is 1. The molecule has 1 saturated heterocycles. The molecule has 3 heterocycles. The number of nitrogens with zero attached hydrogens (tertiary/aromatic N) is 2. The summed E-state index contributed by atoms with van der Waals surface area (Å²) >= 11 is 0. The number of carbonyl (C=O) groups excluding carboxylic acids is 1. The number of amides is 1. The van der Waals surface area contributed by atoms with Gasteiger partial charge in [0.15, 0.2) is 0 Å². The molecule has 1 amide bonds. The maximum absolute atomic E-state index is 13.6. The normalized spacial score (nSPS) is 24.5. The second-order valence-electron chi connectivity index (χ2n) is 9.97. The Morgan fingerprint density at radius 1 is 1.19 bits per heavy atom. The molecule has 0 spiro atoms. The Hall–Kier alpha value is -2.56. The van der Waals surface area contributed by atoms with Gasteiger partial charge in [-0.1, -0.05) is 38.8 Å². The lowest BCUT2D eigenvalue weighted by Gasteiger charge is -2.47. The number of benzene rings is 1. The van der Waals surface area contributed by atoms with E-state index in [9.17, 15) is 9.18 Å². The van der Waals surface area contributed by atoms with Crippen LogP contribution in [0.5, 0.6) is 0 Å². The van der Waals surface area contributed by atoms with E-state index in [2.05, 4.69) is 35.6 Å². The van der Waals surface area contributed by atoms with Crippen LogP contribution < -0.4 is 0 Å². The predicted octanol–water partition coefficient (Wildman–Crippen LogP) is 6.50. The van der Waals surface area contributed by atoms with E-state index in [-0.39, 0.29) is 11.8 Å². The van der Waals surface area contributed by atoms with E-state index in [4.69, 9.17) is 4.42 Å². The first-order valence-corrected chi connectivity index (χ1v) is 12.1. The lowest BCUT2D eigenvalue weighted by atomic mass is 9.72. The third kappa shape index (κ3) is 3.66. The Morgan fingerprint density at radius 3 is 2.81 bits per heavy atom. The minimum atomic E-state index is -0.584. The summed E-state index contributed by atoms with van der Waals surface area (Å²) in [5.41, 5.74) is 3.06. The fraction of sp³-hybridized carbons (Fsp3) is 0.519. The van der Waals surface area contributed by atoms with Gasteiger partial charge in [0.2, 0.25) is 5.91 Å². The number of fused-ring (bicyclic) bond motifs is 2. The molecule has 0 radical (unpaired) electrons. The summed E-state index contributed by atoms with van der Waals surface area (Å²) in [6.45, 7) is 5.39. The second kappa shape index (κ2) is 8.42. The fourth-order valence-corrected chi connectivity index (χ4v) is 6.30. The van der Waals surface area contributed by atoms with E-state index in [1.54, 1.807) is 6.07 Å². The van der Waals surface area contributed by atoms with Crippen molar-refractivity contribution in [3.63, 3.8) is 0 Å². The lowest BCUT2D eigenvalue weighted by molar-refractivity contribution is -0.138. The molecule has 0 N–H and O–H groups in total. The van der Waals surface area contributed by atoms with E-state index in [0.717, 1.165) is 47.3 Å².